The molecule has 4 aliphatic rings. The molecule has 1 N–H and O–H groups in total. The number of hydrogen-bond donors (Lipinski definition) is 1. The van der Waals surface area contributed by atoms with Crippen LogP contribution in [0.5, 0.6) is 0 Å². The second-order valence-corrected chi connectivity index (χ2v) is 5.11. The van der Waals surface area contributed by atoms with Gasteiger partial charge in [0.15, 0.2) is 0 Å². The Hall–Kier alpha value is -0.0151. The van der Waals surface area contributed by atoms with E-state index in [4.69, 9.17) is 7.98 Å². The number of rotatable bonds is 0. The van der Waals surface area contributed by atoms with Crippen LogP contribution < -0.4 is 0 Å². The van der Waals surface area contributed by atoms with E-state index in [-0.39, 0.29) is 6.10 Å². The van der Waals surface area contributed by atoms with Gasteiger partial charge in [0.1, 0.15) is 0 Å². The van der Waals surface area contributed by atoms with Crippen LogP contribution in [0.25, 0.3) is 0 Å². The van der Waals surface area contributed by atoms with Crippen molar-refractivity contribution in [3.8, 4) is 0 Å². The summed E-state index contributed by atoms with van der Waals surface area (Å²) < 4.78 is 0.761. The largest absolute Gasteiger partial charge is 0.481 e. The van der Waals surface area contributed by atoms with E-state index in [2.05, 4.69) is 0 Å². The molecule has 2 nitrogen and oxygen atoms in total. The highest BCUT2D eigenvalue weighted by Gasteiger charge is 2.53. The number of aliphatic hydroxyl groups is 1. The SMILES string of the molecule is [B][N+]12CC3CC(C1)C(O)C(C3)C2. The molecule has 4 rings (SSSR count). The molecular formula is C9H15BNO+. The molecule has 3 saturated heterocycles. The molecular weight excluding hydrogens is 149 g/mol. The first-order chi connectivity index (χ1) is 5.66. The van der Waals surface area contributed by atoms with Gasteiger partial charge in [-0.25, -0.2) is 0 Å². The third kappa shape index (κ3) is 0.840. The van der Waals surface area contributed by atoms with E-state index < -0.39 is 0 Å². The van der Waals surface area contributed by atoms with Crippen molar-refractivity contribution in [2.75, 3.05) is 19.6 Å². The van der Waals surface area contributed by atoms with Gasteiger partial charge in [0.05, 0.1) is 25.7 Å². The van der Waals surface area contributed by atoms with E-state index in [0.717, 1.165) is 23.4 Å². The molecule has 2 atom stereocenters. The zero-order valence-electron chi connectivity index (χ0n) is 7.32. The van der Waals surface area contributed by atoms with Crippen LogP contribution in [0.3, 0.4) is 0 Å². The molecule has 0 spiro atoms. The Labute approximate surface area is 74.6 Å². The summed E-state index contributed by atoms with van der Waals surface area (Å²) in [4.78, 5) is 0. The summed E-state index contributed by atoms with van der Waals surface area (Å²) in [5.74, 6) is 1.85. The van der Waals surface area contributed by atoms with E-state index in [1.54, 1.807) is 0 Å². The van der Waals surface area contributed by atoms with E-state index in [1.165, 1.54) is 19.4 Å². The predicted molar refractivity (Wildman–Crippen MR) is 46.3 cm³/mol. The average Bonchev–Trinajstić information content (AvgIpc) is 1.96. The first kappa shape index (κ1) is 7.39. The van der Waals surface area contributed by atoms with Crippen molar-refractivity contribution in [3.05, 3.63) is 0 Å². The molecule has 0 aromatic heterocycles. The summed E-state index contributed by atoms with van der Waals surface area (Å²) in [6, 6.07) is 0. The standard InChI is InChI=1S/C9H15BNO/c10-11-3-6-1-7(4-11)9(12)8(2-6)5-11/h6-9,12H,1-5H2/q+1. The minimum absolute atomic E-state index is 0.0312. The van der Waals surface area contributed by atoms with Gasteiger partial charge in [-0.2, -0.15) is 0 Å². The number of hydrogen-bond acceptors (Lipinski definition) is 1. The summed E-state index contributed by atoms with van der Waals surface area (Å²) in [6.45, 7) is 3.21. The lowest BCUT2D eigenvalue weighted by molar-refractivity contribution is -0.852. The maximum absolute atomic E-state index is 9.88. The Morgan fingerprint density at radius 1 is 1.08 bits per heavy atom. The minimum atomic E-state index is -0.0312. The van der Waals surface area contributed by atoms with Crippen LogP contribution >= 0.6 is 0 Å². The van der Waals surface area contributed by atoms with Crippen molar-refractivity contribution < 1.29 is 9.50 Å². The van der Waals surface area contributed by atoms with Gasteiger partial charge in [0, 0.05) is 17.8 Å². The molecule has 2 unspecified atom stereocenters. The third-order valence-electron chi connectivity index (χ3n) is 4.06. The van der Waals surface area contributed by atoms with Crippen LogP contribution in [0, 0.1) is 17.8 Å². The van der Waals surface area contributed by atoms with Crippen molar-refractivity contribution in [1.29, 1.82) is 0 Å². The van der Waals surface area contributed by atoms with E-state index in [1.807, 2.05) is 0 Å². The van der Waals surface area contributed by atoms with Crippen LogP contribution in [-0.4, -0.2) is 43.2 Å². The minimum Gasteiger partial charge on any atom is -0.396 e. The molecule has 2 radical (unpaired) electrons. The summed E-state index contributed by atoms with van der Waals surface area (Å²) in [5, 5.41) is 9.88. The third-order valence-corrected chi connectivity index (χ3v) is 4.06. The Morgan fingerprint density at radius 3 is 2.17 bits per heavy atom. The molecule has 1 saturated carbocycles. The average molecular weight is 164 g/mol. The number of nitrogens with zero attached hydrogens (tertiary/aromatic N) is 1. The van der Waals surface area contributed by atoms with E-state index >= 15 is 0 Å². The first-order valence-corrected chi connectivity index (χ1v) is 4.99. The monoisotopic (exact) mass is 164 g/mol. The van der Waals surface area contributed by atoms with E-state index in [9.17, 15) is 5.11 Å². The van der Waals surface area contributed by atoms with Gasteiger partial charge in [-0.05, 0) is 12.8 Å². The van der Waals surface area contributed by atoms with Gasteiger partial charge in [-0.1, -0.05) is 0 Å². The Balaban J connectivity index is 1.95. The Kier molecular flexibility index (Phi) is 1.28. The highest BCUT2D eigenvalue weighted by atomic mass is 16.3. The molecule has 0 amide bonds. The fourth-order valence-corrected chi connectivity index (χ4v) is 3.80. The van der Waals surface area contributed by atoms with Crippen LogP contribution in [-0.2, 0) is 0 Å². The first-order valence-electron chi connectivity index (χ1n) is 4.99. The van der Waals surface area contributed by atoms with Gasteiger partial charge in [-0.3, -0.25) is 0 Å². The van der Waals surface area contributed by atoms with Crippen LogP contribution in [0.2, 0.25) is 0 Å². The Bertz CT molecular complexity index is 205. The van der Waals surface area contributed by atoms with Crippen molar-refractivity contribution in [2.45, 2.75) is 18.9 Å². The van der Waals surface area contributed by atoms with Crippen molar-refractivity contribution in [2.24, 2.45) is 17.8 Å². The van der Waals surface area contributed by atoms with Crippen LogP contribution in [0.15, 0.2) is 0 Å². The lowest BCUT2D eigenvalue weighted by atomic mass is 9.64. The van der Waals surface area contributed by atoms with Crippen molar-refractivity contribution in [1.82, 2.24) is 0 Å². The lowest BCUT2D eigenvalue weighted by Crippen LogP contribution is -2.69. The highest BCUT2D eigenvalue weighted by molar-refractivity contribution is 5.97. The summed E-state index contributed by atoms with van der Waals surface area (Å²) in [5.41, 5.74) is 0. The summed E-state index contributed by atoms with van der Waals surface area (Å²) in [6.07, 6.45) is 2.43. The predicted octanol–water partition coefficient (Wildman–Crippen LogP) is -0.0828. The maximum atomic E-state index is 9.88. The normalized spacial score (nSPS) is 62.4. The zero-order chi connectivity index (χ0) is 8.34. The molecule has 64 valence electrons. The molecule has 12 heavy (non-hydrogen) atoms. The fourth-order valence-electron chi connectivity index (χ4n) is 3.80. The lowest BCUT2D eigenvalue weighted by Gasteiger charge is -2.59. The molecule has 3 heteroatoms. The number of aliphatic hydroxyl groups excluding tert-OH is 1. The molecule has 3 aliphatic heterocycles. The molecule has 4 bridgehead atoms. The van der Waals surface area contributed by atoms with Crippen LogP contribution in [0.1, 0.15) is 12.8 Å². The quantitative estimate of drug-likeness (QED) is 0.496. The highest BCUT2D eigenvalue weighted by Crippen LogP contribution is 2.45. The second kappa shape index (κ2) is 2.07. The summed E-state index contributed by atoms with van der Waals surface area (Å²) >= 11 is 0. The second-order valence-electron chi connectivity index (χ2n) is 5.11. The number of piperidine rings is 3. The van der Waals surface area contributed by atoms with E-state index in [0.29, 0.717) is 11.8 Å². The van der Waals surface area contributed by atoms with Gasteiger partial charge in [-0.15, -0.1) is 0 Å². The van der Waals surface area contributed by atoms with Crippen LogP contribution in [0.4, 0.5) is 0 Å². The molecule has 1 aliphatic carbocycles. The fraction of sp³-hybridized carbons (Fsp3) is 1.00. The summed E-state index contributed by atoms with van der Waals surface area (Å²) in [7, 11) is 6.21. The van der Waals surface area contributed by atoms with Crippen molar-refractivity contribution in [3.63, 3.8) is 0 Å². The maximum Gasteiger partial charge on any atom is 0.481 e. The van der Waals surface area contributed by atoms with Gasteiger partial charge >= 0.3 is 7.98 Å². The van der Waals surface area contributed by atoms with Gasteiger partial charge in [0.25, 0.3) is 0 Å². The Morgan fingerprint density at radius 2 is 1.67 bits per heavy atom. The molecule has 4 fully saturated rings. The number of quaternary nitrogens is 1. The molecule has 0 aromatic carbocycles. The van der Waals surface area contributed by atoms with Gasteiger partial charge in [0.2, 0.25) is 0 Å². The topological polar surface area (TPSA) is 20.2 Å². The van der Waals surface area contributed by atoms with Gasteiger partial charge < -0.3 is 9.50 Å². The smallest absolute Gasteiger partial charge is 0.396 e. The molecule has 0 aromatic rings. The van der Waals surface area contributed by atoms with Crippen molar-refractivity contribution >= 4 is 7.98 Å². The molecule has 3 heterocycles. The zero-order valence-corrected chi connectivity index (χ0v) is 7.32.